The lowest BCUT2D eigenvalue weighted by Gasteiger charge is -2.20. The van der Waals surface area contributed by atoms with E-state index >= 15 is 0 Å². The highest BCUT2D eigenvalue weighted by atomic mass is 19.4. The minimum Gasteiger partial charge on any atom is -0.395 e. The Morgan fingerprint density at radius 2 is 1.59 bits per heavy atom. The van der Waals surface area contributed by atoms with Crippen molar-refractivity contribution in [1.82, 2.24) is 9.88 Å². The van der Waals surface area contributed by atoms with Gasteiger partial charge in [0, 0.05) is 30.7 Å². The summed E-state index contributed by atoms with van der Waals surface area (Å²) in [5.74, 6) is 0. The first kappa shape index (κ1) is 23.2. The van der Waals surface area contributed by atoms with Crippen LogP contribution in [-0.2, 0) is 12.4 Å². The van der Waals surface area contributed by atoms with Crippen molar-refractivity contribution in [3.8, 4) is 0 Å². The smallest absolute Gasteiger partial charge is 0.395 e. The predicted octanol–water partition coefficient (Wildman–Crippen LogP) is 3.36. The van der Waals surface area contributed by atoms with Crippen LogP contribution in [0, 0.1) is 0 Å². The summed E-state index contributed by atoms with van der Waals surface area (Å²) in [5.41, 5.74) is -3.50. The predicted molar refractivity (Wildman–Crippen MR) is 95.5 cm³/mol. The molecule has 0 saturated carbocycles. The number of pyridine rings is 1. The molecule has 1 aromatic carbocycles. The molecule has 0 saturated heterocycles. The van der Waals surface area contributed by atoms with Crippen molar-refractivity contribution in [2.75, 3.05) is 44.7 Å². The summed E-state index contributed by atoms with van der Waals surface area (Å²) in [7, 11) is 0. The Labute approximate surface area is 163 Å². The van der Waals surface area contributed by atoms with Crippen molar-refractivity contribution in [2.24, 2.45) is 0 Å². The molecule has 0 aliphatic heterocycles. The third-order valence-electron chi connectivity index (χ3n) is 4.23. The fourth-order valence-corrected chi connectivity index (χ4v) is 2.91. The van der Waals surface area contributed by atoms with Crippen LogP contribution in [0.2, 0.25) is 0 Å². The minimum atomic E-state index is -4.90. The van der Waals surface area contributed by atoms with E-state index in [2.05, 4.69) is 10.3 Å². The first-order valence-corrected chi connectivity index (χ1v) is 8.84. The van der Waals surface area contributed by atoms with Crippen LogP contribution in [0.25, 0.3) is 10.9 Å². The standard InChI is InChI=1S/C18H21F6N3O2/c19-17(20,21)13-4-1-3-12-14(11-15(18(22,23)24)26-16(12)13)25-5-2-6-27(7-9-28)8-10-29/h1,3-4,11,28-29H,2,5-10H2,(H,25,26). The van der Waals surface area contributed by atoms with E-state index in [4.69, 9.17) is 10.2 Å². The molecule has 11 heteroatoms. The zero-order valence-electron chi connectivity index (χ0n) is 15.3. The fourth-order valence-electron chi connectivity index (χ4n) is 2.91. The topological polar surface area (TPSA) is 68.6 Å². The van der Waals surface area contributed by atoms with E-state index in [0.29, 0.717) is 38.2 Å². The zero-order valence-corrected chi connectivity index (χ0v) is 15.3. The number of alkyl halides is 6. The Morgan fingerprint density at radius 1 is 0.931 bits per heavy atom. The quantitative estimate of drug-likeness (QED) is 0.425. The van der Waals surface area contributed by atoms with E-state index in [0.717, 1.165) is 6.07 Å². The van der Waals surface area contributed by atoms with Gasteiger partial charge in [0.2, 0.25) is 0 Å². The minimum absolute atomic E-state index is 0.0598. The van der Waals surface area contributed by atoms with Crippen LogP contribution in [0.4, 0.5) is 32.0 Å². The van der Waals surface area contributed by atoms with Crippen molar-refractivity contribution < 1.29 is 36.6 Å². The Hall–Kier alpha value is -2.11. The summed E-state index contributed by atoms with van der Waals surface area (Å²) >= 11 is 0. The van der Waals surface area contributed by atoms with Gasteiger partial charge in [0.1, 0.15) is 5.69 Å². The number of fused-ring (bicyclic) bond motifs is 1. The summed E-state index contributed by atoms with van der Waals surface area (Å²) in [5, 5.41) is 20.6. The first-order valence-electron chi connectivity index (χ1n) is 8.84. The number of nitrogens with one attached hydrogen (secondary N) is 1. The molecule has 0 unspecified atom stereocenters. The van der Waals surface area contributed by atoms with E-state index in [1.165, 1.54) is 6.07 Å². The molecular formula is C18H21F6N3O2. The number of benzene rings is 1. The number of para-hydroxylation sites is 1. The average Bonchev–Trinajstić information content (AvgIpc) is 2.63. The maximum absolute atomic E-state index is 13.2. The molecule has 0 fully saturated rings. The SMILES string of the molecule is OCCN(CCO)CCCNc1cc(C(F)(F)F)nc2c(C(F)(F)F)cccc12. The van der Waals surface area contributed by atoms with Gasteiger partial charge < -0.3 is 15.5 Å². The maximum Gasteiger partial charge on any atom is 0.433 e. The molecule has 162 valence electrons. The largest absolute Gasteiger partial charge is 0.433 e. The van der Waals surface area contributed by atoms with Crippen molar-refractivity contribution in [3.63, 3.8) is 0 Å². The molecule has 3 N–H and O–H groups in total. The van der Waals surface area contributed by atoms with Crippen molar-refractivity contribution >= 4 is 16.6 Å². The lowest BCUT2D eigenvalue weighted by molar-refractivity contribution is -0.142. The molecule has 0 aliphatic rings. The van der Waals surface area contributed by atoms with Crippen molar-refractivity contribution in [1.29, 1.82) is 0 Å². The van der Waals surface area contributed by atoms with Gasteiger partial charge in [0.25, 0.3) is 0 Å². The molecular weight excluding hydrogens is 404 g/mol. The highest BCUT2D eigenvalue weighted by Gasteiger charge is 2.37. The van der Waals surface area contributed by atoms with E-state index < -0.39 is 29.1 Å². The molecule has 2 aromatic rings. The lowest BCUT2D eigenvalue weighted by Crippen LogP contribution is -2.31. The second-order valence-corrected chi connectivity index (χ2v) is 6.32. The molecule has 2 rings (SSSR count). The summed E-state index contributed by atoms with van der Waals surface area (Å²) in [6.07, 6.45) is -9.31. The van der Waals surface area contributed by atoms with Gasteiger partial charge >= 0.3 is 12.4 Å². The van der Waals surface area contributed by atoms with Gasteiger partial charge in [0.15, 0.2) is 0 Å². The zero-order chi connectivity index (χ0) is 21.7. The third-order valence-corrected chi connectivity index (χ3v) is 4.23. The average molecular weight is 425 g/mol. The van der Waals surface area contributed by atoms with Crippen LogP contribution in [-0.4, -0.2) is 59.5 Å². The second-order valence-electron chi connectivity index (χ2n) is 6.32. The van der Waals surface area contributed by atoms with Crippen LogP contribution >= 0.6 is 0 Å². The molecule has 0 bridgehead atoms. The number of hydrogen-bond donors (Lipinski definition) is 3. The molecule has 1 heterocycles. The Bertz CT molecular complexity index is 805. The van der Waals surface area contributed by atoms with E-state index in [9.17, 15) is 26.3 Å². The number of nitrogens with zero attached hydrogens (tertiary/aromatic N) is 2. The Morgan fingerprint density at radius 3 is 2.14 bits per heavy atom. The summed E-state index contributed by atoms with van der Waals surface area (Å²) in [6.45, 7) is 1.05. The van der Waals surface area contributed by atoms with Gasteiger partial charge in [-0.2, -0.15) is 26.3 Å². The number of aliphatic hydroxyl groups is 2. The van der Waals surface area contributed by atoms with E-state index in [-0.39, 0.29) is 30.8 Å². The fraction of sp³-hybridized carbons (Fsp3) is 0.500. The summed E-state index contributed by atoms with van der Waals surface area (Å²) < 4.78 is 79.2. The molecule has 0 atom stereocenters. The molecule has 1 aromatic heterocycles. The number of halogens is 6. The maximum atomic E-state index is 13.2. The van der Waals surface area contributed by atoms with Crippen molar-refractivity contribution in [2.45, 2.75) is 18.8 Å². The van der Waals surface area contributed by atoms with Gasteiger partial charge in [-0.1, -0.05) is 12.1 Å². The van der Waals surface area contributed by atoms with E-state index in [1.54, 1.807) is 4.90 Å². The third kappa shape index (κ3) is 6.18. The van der Waals surface area contributed by atoms with Gasteiger partial charge in [-0.25, -0.2) is 4.98 Å². The highest BCUT2D eigenvalue weighted by molar-refractivity contribution is 5.93. The highest BCUT2D eigenvalue weighted by Crippen LogP contribution is 2.39. The number of anilines is 1. The Balaban J connectivity index is 2.30. The van der Waals surface area contributed by atoms with Gasteiger partial charge in [0.05, 0.1) is 24.3 Å². The number of aromatic nitrogens is 1. The monoisotopic (exact) mass is 425 g/mol. The normalized spacial score (nSPS) is 12.7. The van der Waals surface area contributed by atoms with E-state index in [1.807, 2.05) is 0 Å². The molecule has 0 aliphatic carbocycles. The van der Waals surface area contributed by atoms with Crippen molar-refractivity contribution in [3.05, 3.63) is 35.5 Å². The van der Waals surface area contributed by atoms with Crippen LogP contribution in [0.5, 0.6) is 0 Å². The summed E-state index contributed by atoms with van der Waals surface area (Å²) in [6, 6.07) is 3.79. The summed E-state index contributed by atoms with van der Waals surface area (Å²) in [4.78, 5) is 4.99. The van der Waals surface area contributed by atoms with Gasteiger partial charge in [-0.3, -0.25) is 4.90 Å². The number of aliphatic hydroxyl groups excluding tert-OH is 2. The first-order chi connectivity index (χ1) is 13.6. The van der Waals surface area contributed by atoms with Crippen LogP contribution in [0.1, 0.15) is 17.7 Å². The van der Waals surface area contributed by atoms with Crippen LogP contribution in [0.3, 0.4) is 0 Å². The number of hydrogen-bond acceptors (Lipinski definition) is 5. The molecule has 29 heavy (non-hydrogen) atoms. The molecule has 0 radical (unpaired) electrons. The molecule has 5 nitrogen and oxygen atoms in total. The number of rotatable bonds is 9. The van der Waals surface area contributed by atoms with Gasteiger partial charge in [-0.05, 0) is 25.1 Å². The van der Waals surface area contributed by atoms with Crippen LogP contribution < -0.4 is 5.32 Å². The van der Waals surface area contributed by atoms with Crippen LogP contribution in [0.15, 0.2) is 24.3 Å². The Kier molecular flexibility index (Phi) is 7.66. The van der Waals surface area contributed by atoms with Gasteiger partial charge in [-0.15, -0.1) is 0 Å². The molecule has 0 amide bonds. The lowest BCUT2D eigenvalue weighted by atomic mass is 10.1. The molecule has 0 spiro atoms. The second kappa shape index (κ2) is 9.59.